The van der Waals surface area contributed by atoms with Gasteiger partial charge in [0, 0.05) is 6.42 Å². The largest absolute Gasteiger partial charge is 0.443 e. The van der Waals surface area contributed by atoms with Crippen molar-refractivity contribution in [2.45, 2.75) is 13.3 Å². The minimum Gasteiger partial charge on any atom is -0.443 e. The minimum atomic E-state index is 0.639. The smallest absolute Gasteiger partial charge is 0.283 e. The summed E-state index contributed by atoms with van der Waals surface area (Å²) in [6.07, 6.45) is 2.26. The second kappa shape index (κ2) is 20.2. The van der Waals surface area contributed by atoms with Crippen LogP contribution in [0.15, 0.2) is 0 Å². The summed E-state index contributed by atoms with van der Waals surface area (Å²) in [4.78, 5) is 9.17. The van der Waals surface area contributed by atoms with Crippen molar-refractivity contribution < 1.29 is 9.90 Å². The summed E-state index contributed by atoms with van der Waals surface area (Å²) in [7, 11) is 0. The Morgan fingerprint density at radius 1 is 2.00 bits per heavy atom. The molecule has 0 rings (SSSR count). The Morgan fingerprint density at radius 3 is 2.14 bits per heavy atom. The summed E-state index contributed by atoms with van der Waals surface area (Å²) < 4.78 is 0. The van der Waals surface area contributed by atoms with Gasteiger partial charge in [0.15, 0.2) is 0 Å². The summed E-state index contributed by atoms with van der Waals surface area (Å²) in [5.74, 6) is 0. The number of aldehydes is 1. The molecule has 40 valence electrons. The van der Waals surface area contributed by atoms with Gasteiger partial charge in [-0.1, -0.05) is 6.92 Å². The van der Waals surface area contributed by atoms with Gasteiger partial charge in [0.05, 0.1) is 0 Å². The van der Waals surface area contributed by atoms with Gasteiger partial charge in [0.1, 0.15) is 6.29 Å². The highest BCUT2D eigenvalue weighted by Crippen LogP contribution is 1.53. The van der Waals surface area contributed by atoms with E-state index in [2.05, 4.69) is 0 Å². The van der Waals surface area contributed by atoms with Gasteiger partial charge in [-0.25, -0.2) is 0 Å². The van der Waals surface area contributed by atoms with Crippen LogP contribution in [-0.4, -0.2) is 11.4 Å². The SMILES string of the molecule is CCC=O.N#CO. The van der Waals surface area contributed by atoms with Crippen LogP contribution in [0.3, 0.4) is 0 Å². The van der Waals surface area contributed by atoms with Gasteiger partial charge in [-0.2, -0.15) is 5.26 Å². The fourth-order valence-electron chi connectivity index (χ4n) is 0. The molecule has 0 aromatic heterocycles. The highest BCUT2D eigenvalue weighted by molar-refractivity contribution is 5.48. The van der Waals surface area contributed by atoms with Crippen molar-refractivity contribution in [1.82, 2.24) is 0 Å². The zero-order valence-corrected chi connectivity index (χ0v) is 4.09. The van der Waals surface area contributed by atoms with Crippen LogP contribution in [0.2, 0.25) is 0 Å². The molecule has 0 fully saturated rings. The molecule has 1 N–H and O–H groups in total. The number of hydrogen-bond donors (Lipinski definition) is 1. The first-order valence-corrected chi connectivity index (χ1v) is 1.80. The lowest BCUT2D eigenvalue weighted by atomic mass is 10.6. The van der Waals surface area contributed by atoms with Crippen molar-refractivity contribution in [2.24, 2.45) is 0 Å². The highest BCUT2D eigenvalue weighted by atomic mass is 16.2. The van der Waals surface area contributed by atoms with E-state index >= 15 is 0 Å². The van der Waals surface area contributed by atoms with Gasteiger partial charge in [-0.05, 0) is 0 Å². The predicted octanol–water partition coefficient (Wildman–Crippen LogP) is 0.435. The third kappa shape index (κ3) is 27200. The molecule has 0 saturated carbocycles. The Hall–Kier alpha value is -1.04. The van der Waals surface area contributed by atoms with Crippen molar-refractivity contribution in [3.63, 3.8) is 0 Å². The Labute approximate surface area is 42.2 Å². The van der Waals surface area contributed by atoms with Crippen molar-refractivity contribution in [2.75, 3.05) is 0 Å². The maximum Gasteiger partial charge on any atom is 0.283 e. The molecular weight excluding hydrogens is 94.0 g/mol. The first-order chi connectivity index (χ1) is 3.33. The number of aliphatic hydroxyl groups is 1. The average molecular weight is 101 g/mol. The Balaban J connectivity index is 0. The van der Waals surface area contributed by atoms with Gasteiger partial charge < -0.3 is 9.90 Å². The van der Waals surface area contributed by atoms with Gasteiger partial charge in [-0.15, -0.1) is 0 Å². The standard InChI is InChI=1S/C3H6O.CHNO/c1-2-3-4;2-1-3/h3H,2H2,1H3;3H. The van der Waals surface area contributed by atoms with Crippen molar-refractivity contribution >= 4 is 6.29 Å². The number of carbonyl (C=O) groups is 1. The number of rotatable bonds is 1. The molecule has 0 radical (unpaired) electrons. The van der Waals surface area contributed by atoms with Crippen LogP contribution < -0.4 is 0 Å². The van der Waals surface area contributed by atoms with Crippen LogP contribution >= 0.6 is 0 Å². The van der Waals surface area contributed by atoms with E-state index in [1.165, 1.54) is 0 Å². The molecule has 0 unspecified atom stereocenters. The summed E-state index contributed by atoms with van der Waals surface area (Å²) in [6, 6.07) is 0. The summed E-state index contributed by atoms with van der Waals surface area (Å²) in [5, 5.41) is 13.8. The van der Waals surface area contributed by atoms with Gasteiger partial charge in [0.2, 0.25) is 0 Å². The zero-order valence-electron chi connectivity index (χ0n) is 4.09. The van der Waals surface area contributed by atoms with Crippen molar-refractivity contribution in [3.8, 4) is 6.26 Å². The molecule has 0 amide bonds. The van der Waals surface area contributed by atoms with Gasteiger partial charge in [-0.3, -0.25) is 0 Å². The first kappa shape index (κ1) is 9.35. The number of hydrogen-bond acceptors (Lipinski definition) is 3. The lowest BCUT2D eigenvalue weighted by Gasteiger charge is -1.51. The molecule has 0 aromatic carbocycles. The molecule has 3 nitrogen and oxygen atoms in total. The molecular formula is C4H7NO2. The van der Waals surface area contributed by atoms with Crippen LogP contribution in [0.25, 0.3) is 0 Å². The van der Waals surface area contributed by atoms with Crippen LogP contribution in [-0.2, 0) is 4.79 Å². The number of carbonyl (C=O) groups excluding carboxylic acids is 1. The van der Waals surface area contributed by atoms with Crippen LogP contribution in [0.1, 0.15) is 13.3 Å². The second-order valence-corrected chi connectivity index (χ2v) is 0.675. The number of nitrogens with zero attached hydrogens (tertiary/aromatic N) is 1. The molecule has 0 aliphatic heterocycles. The summed E-state index contributed by atoms with van der Waals surface area (Å²) in [5.41, 5.74) is 0. The van der Waals surface area contributed by atoms with Crippen LogP contribution in [0.4, 0.5) is 0 Å². The van der Waals surface area contributed by atoms with E-state index in [1.54, 1.807) is 0 Å². The molecule has 7 heavy (non-hydrogen) atoms. The van der Waals surface area contributed by atoms with Crippen molar-refractivity contribution in [3.05, 3.63) is 0 Å². The monoisotopic (exact) mass is 101 g/mol. The maximum absolute atomic E-state index is 9.17. The second-order valence-electron chi connectivity index (χ2n) is 0.675. The molecule has 0 spiro atoms. The molecule has 0 aromatic rings. The number of aliphatic hydroxyl groups excluding tert-OH is 1. The van der Waals surface area contributed by atoms with Gasteiger partial charge >= 0.3 is 0 Å². The summed E-state index contributed by atoms with van der Waals surface area (Å²) in [6.45, 7) is 1.81. The normalized spacial score (nSPS) is 4.57. The number of nitriles is 1. The molecule has 0 saturated heterocycles. The third-order valence-corrected chi connectivity index (χ3v) is 0.167. The highest BCUT2D eigenvalue weighted by Gasteiger charge is 1.52. The minimum absolute atomic E-state index is 0.639. The predicted molar refractivity (Wildman–Crippen MR) is 23.9 cm³/mol. The molecule has 0 heterocycles. The average Bonchev–Trinajstić information content (AvgIpc) is 1.69. The Bertz CT molecular complexity index is 64.6. The Kier molecular flexibility index (Phi) is 27.0. The van der Waals surface area contributed by atoms with E-state index in [9.17, 15) is 4.79 Å². The fourth-order valence-corrected chi connectivity index (χ4v) is 0. The first-order valence-electron chi connectivity index (χ1n) is 1.80. The van der Waals surface area contributed by atoms with E-state index in [0.717, 1.165) is 12.5 Å². The van der Waals surface area contributed by atoms with E-state index in [4.69, 9.17) is 10.4 Å². The molecule has 0 bridgehead atoms. The molecule has 0 atom stereocenters. The summed E-state index contributed by atoms with van der Waals surface area (Å²) >= 11 is 0. The topological polar surface area (TPSA) is 61.1 Å². The zero-order chi connectivity index (χ0) is 6.12. The quantitative estimate of drug-likeness (QED) is 0.385. The third-order valence-electron chi connectivity index (χ3n) is 0.167. The van der Waals surface area contributed by atoms with E-state index < -0.39 is 0 Å². The van der Waals surface area contributed by atoms with Crippen LogP contribution in [0, 0.1) is 11.5 Å². The molecule has 3 heteroatoms. The van der Waals surface area contributed by atoms with Crippen LogP contribution in [0.5, 0.6) is 0 Å². The fraction of sp³-hybridized carbons (Fsp3) is 0.500. The van der Waals surface area contributed by atoms with Gasteiger partial charge in [0.25, 0.3) is 6.26 Å². The lowest BCUT2D eigenvalue weighted by molar-refractivity contribution is -0.107. The van der Waals surface area contributed by atoms with E-state index in [1.807, 2.05) is 6.92 Å². The van der Waals surface area contributed by atoms with E-state index in [0.29, 0.717) is 6.42 Å². The molecule has 0 aliphatic rings. The Morgan fingerprint density at radius 2 is 2.14 bits per heavy atom. The van der Waals surface area contributed by atoms with E-state index in [-0.39, 0.29) is 0 Å². The lowest BCUT2D eigenvalue weighted by Crippen LogP contribution is -1.55. The molecule has 0 aliphatic carbocycles. The van der Waals surface area contributed by atoms with Crippen molar-refractivity contribution in [1.29, 1.82) is 5.26 Å². The maximum atomic E-state index is 9.17.